The lowest BCUT2D eigenvalue weighted by Gasteiger charge is -2.30. The summed E-state index contributed by atoms with van der Waals surface area (Å²) in [5.41, 5.74) is 1.26. The van der Waals surface area contributed by atoms with Crippen LogP contribution in [0.2, 0.25) is 5.02 Å². The van der Waals surface area contributed by atoms with E-state index in [1.165, 1.54) is 37.7 Å². The maximum absolute atomic E-state index is 6.19. The van der Waals surface area contributed by atoms with Gasteiger partial charge in [-0.1, -0.05) is 31.4 Å². The first-order chi connectivity index (χ1) is 8.79. The molecule has 1 aromatic rings. The Morgan fingerprint density at radius 3 is 3.11 bits per heavy atom. The van der Waals surface area contributed by atoms with Crippen LogP contribution >= 0.6 is 11.6 Å². The lowest BCUT2D eigenvalue weighted by atomic mass is 9.82. The summed E-state index contributed by atoms with van der Waals surface area (Å²) in [5.74, 6) is 0.771. The first kappa shape index (κ1) is 13.8. The van der Waals surface area contributed by atoms with E-state index in [2.05, 4.69) is 23.3 Å². The minimum atomic E-state index is 0.712. The van der Waals surface area contributed by atoms with Crippen LogP contribution < -0.4 is 5.32 Å². The molecule has 1 saturated carbocycles. The van der Waals surface area contributed by atoms with Gasteiger partial charge in [0.25, 0.3) is 0 Å². The van der Waals surface area contributed by atoms with Crippen LogP contribution in [0.3, 0.4) is 0 Å². The molecule has 100 valence electrons. The average Bonchev–Trinajstić information content (AvgIpc) is 2.40. The van der Waals surface area contributed by atoms with E-state index in [4.69, 9.17) is 11.6 Å². The number of nitrogens with zero attached hydrogens (tertiary/aromatic N) is 1. The van der Waals surface area contributed by atoms with E-state index in [0.717, 1.165) is 23.9 Å². The molecule has 2 atom stereocenters. The first-order valence-corrected chi connectivity index (χ1v) is 7.49. The van der Waals surface area contributed by atoms with E-state index in [1.54, 1.807) is 6.20 Å². The van der Waals surface area contributed by atoms with Crippen LogP contribution in [0.1, 0.15) is 44.6 Å². The van der Waals surface area contributed by atoms with Crippen molar-refractivity contribution >= 4 is 11.6 Å². The zero-order valence-electron chi connectivity index (χ0n) is 11.2. The molecule has 1 aromatic heterocycles. The fourth-order valence-electron chi connectivity index (χ4n) is 2.89. The van der Waals surface area contributed by atoms with E-state index < -0.39 is 0 Å². The highest BCUT2D eigenvalue weighted by Crippen LogP contribution is 2.29. The summed E-state index contributed by atoms with van der Waals surface area (Å²) in [4.78, 5) is 4.05. The van der Waals surface area contributed by atoms with Gasteiger partial charge >= 0.3 is 0 Å². The van der Waals surface area contributed by atoms with Crippen LogP contribution in [-0.4, -0.2) is 17.6 Å². The molecule has 18 heavy (non-hydrogen) atoms. The van der Waals surface area contributed by atoms with Crippen molar-refractivity contribution in [2.75, 3.05) is 6.54 Å². The third-order valence-corrected chi connectivity index (χ3v) is 4.17. The molecule has 1 aliphatic carbocycles. The number of aromatic nitrogens is 1. The van der Waals surface area contributed by atoms with Crippen LogP contribution in [0.5, 0.6) is 0 Å². The van der Waals surface area contributed by atoms with Crippen molar-refractivity contribution < 1.29 is 0 Å². The van der Waals surface area contributed by atoms with Gasteiger partial charge in [0, 0.05) is 18.4 Å². The van der Waals surface area contributed by atoms with Gasteiger partial charge in [-0.2, -0.15) is 0 Å². The minimum absolute atomic E-state index is 0.712. The number of halogens is 1. The van der Waals surface area contributed by atoms with Gasteiger partial charge in [-0.3, -0.25) is 4.98 Å². The summed E-state index contributed by atoms with van der Waals surface area (Å²) in [5, 5.41) is 4.48. The molecule has 1 N–H and O–H groups in total. The van der Waals surface area contributed by atoms with E-state index in [-0.39, 0.29) is 0 Å². The molecule has 0 bridgehead atoms. The highest BCUT2D eigenvalue weighted by atomic mass is 35.5. The predicted molar refractivity (Wildman–Crippen MR) is 77.0 cm³/mol. The second kappa shape index (κ2) is 7.10. The van der Waals surface area contributed by atoms with Gasteiger partial charge in [-0.25, -0.2) is 0 Å². The van der Waals surface area contributed by atoms with E-state index in [1.807, 2.05) is 6.20 Å². The Kier molecular flexibility index (Phi) is 5.45. The molecule has 2 rings (SSSR count). The maximum atomic E-state index is 6.19. The lowest BCUT2D eigenvalue weighted by molar-refractivity contribution is 0.284. The zero-order valence-corrected chi connectivity index (χ0v) is 11.9. The molecule has 2 unspecified atom stereocenters. The fourth-order valence-corrected chi connectivity index (χ4v) is 3.09. The number of rotatable bonds is 5. The van der Waals surface area contributed by atoms with E-state index >= 15 is 0 Å². The Balaban J connectivity index is 1.87. The smallest absolute Gasteiger partial charge is 0.0621 e. The summed E-state index contributed by atoms with van der Waals surface area (Å²) in [6.45, 7) is 3.37. The van der Waals surface area contributed by atoms with E-state index in [9.17, 15) is 0 Å². The molecule has 0 spiro atoms. The topological polar surface area (TPSA) is 24.9 Å². The monoisotopic (exact) mass is 266 g/mol. The maximum Gasteiger partial charge on any atom is 0.0621 e. The first-order valence-electron chi connectivity index (χ1n) is 7.11. The van der Waals surface area contributed by atoms with Crippen molar-refractivity contribution in [3.05, 3.63) is 29.0 Å². The van der Waals surface area contributed by atoms with Crippen molar-refractivity contribution in [1.82, 2.24) is 10.3 Å². The van der Waals surface area contributed by atoms with Gasteiger partial charge in [0.05, 0.1) is 5.02 Å². The molecule has 2 nitrogen and oxygen atoms in total. The molecule has 0 amide bonds. The SMILES string of the molecule is CCCNC1CCCC(Cc2ccncc2Cl)C1. The van der Waals surface area contributed by atoms with Crippen LogP contribution in [0.25, 0.3) is 0 Å². The Morgan fingerprint density at radius 1 is 1.44 bits per heavy atom. The minimum Gasteiger partial charge on any atom is -0.314 e. The Labute approximate surface area is 115 Å². The van der Waals surface area contributed by atoms with Crippen molar-refractivity contribution in [2.45, 2.75) is 51.5 Å². The molecule has 1 aliphatic rings. The van der Waals surface area contributed by atoms with Gasteiger partial charge in [-0.05, 0) is 49.8 Å². The predicted octanol–water partition coefficient (Wildman–Crippen LogP) is 3.84. The van der Waals surface area contributed by atoms with Gasteiger partial charge < -0.3 is 5.32 Å². The standard InChI is InChI=1S/C15H23ClN2/c1-2-7-18-14-5-3-4-12(10-14)9-13-6-8-17-11-15(13)16/h6,8,11-12,14,18H,2-5,7,9-10H2,1H3. The van der Waals surface area contributed by atoms with E-state index in [0.29, 0.717) is 6.04 Å². The third-order valence-electron chi connectivity index (χ3n) is 3.83. The second-order valence-electron chi connectivity index (χ2n) is 5.35. The molecule has 3 heteroatoms. The van der Waals surface area contributed by atoms with Crippen molar-refractivity contribution in [3.63, 3.8) is 0 Å². The fraction of sp³-hybridized carbons (Fsp3) is 0.667. The molecule has 1 heterocycles. The number of nitrogens with one attached hydrogen (secondary N) is 1. The van der Waals surface area contributed by atoms with Crippen LogP contribution in [0.15, 0.2) is 18.5 Å². The van der Waals surface area contributed by atoms with Gasteiger partial charge in [0.15, 0.2) is 0 Å². The number of hydrogen-bond acceptors (Lipinski definition) is 2. The number of hydrogen-bond donors (Lipinski definition) is 1. The normalized spacial score (nSPS) is 24.1. The summed E-state index contributed by atoms with van der Waals surface area (Å²) in [6, 6.07) is 2.77. The molecule has 0 saturated heterocycles. The van der Waals surface area contributed by atoms with Crippen molar-refractivity contribution in [2.24, 2.45) is 5.92 Å². The highest BCUT2D eigenvalue weighted by Gasteiger charge is 2.22. The summed E-state index contributed by atoms with van der Waals surface area (Å²) >= 11 is 6.19. The molecule has 1 fully saturated rings. The highest BCUT2D eigenvalue weighted by molar-refractivity contribution is 6.31. The molecular formula is C15H23ClN2. The Hall–Kier alpha value is -0.600. The summed E-state index contributed by atoms with van der Waals surface area (Å²) < 4.78 is 0. The second-order valence-corrected chi connectivity index (χ2v) is 5.76. The summed E-state index contributed by atoms with van der Waals surface area (Å²) in [7, 11) is 0. The molecular weight excluding hydrogens is 244 g/mol. The lowest BCUT2D eigenvalue weighted by Crippen LogP contribution is -2.35. The van der Waals surface area contributed by atoms with Crippen LogP contribution in [0.4, 0.5) is 0 Å². The Morgan fingerprint density at radius 2 is 2.33 bits per heavy atom. The summed E-state index contributed by atoms with van der Waals surface area (Å²) in [6.07, 6.45) is 11.2. The van der Waals surface area contributed by atoms with Crippen molar-refractivity contribution in [1.29, 1.82) is 0 Å². The number of pyridine rings is 1. The van der Waals surface area contributed by atoms with Crippen LogP contribution in [0, 0.1) is 5.92 Å². The quantitative estimate of drug-likeness (QED) is 0.876. The van der Waals surface area contributed by atoms with Gasteiger partial charge in [0.1, 0.15) is 0 Å². The molecule has 0 aromatic carbocycles. The Bertz CT molecular complexity index is 367. The molecule has 0 aliphatic heterocycles. The van der Waals surface area contributed by atoms with Gasteiger partial charge in [-0.15, -0.1) is 0 Å². The largest absolute Gasteiger partial charge is 0.314 e. The van der Waals surface area contributed by atoms with Crippen molar-refractivity contribution in [3.8, 4) is 0 Å². The molecule has 0 radical (unpaired) electrons. The average molecular weight is 267 g/mol. The van der Waals surface area contributed by atoms with Gasteiger partial charge in [0.2, 0.25) is 0 Å². The zero-order chi connectivity index (χ0) is 12.8. The van der Waals surface area contributed by atoms with Crippen LogP contribution in [-0.2, 0) is 6.42 Å². The third kappa shape index (κ3) is 3.96.